The maximum atomic E-state index is 15.6. The van der Waals surface area contributed by atoms with E-state index in [1.54, 1.807) is 39.8 Å². The number of nitrogens with zero attached hydrogens (tertiary/aromatic N) is 9. The first-order valence-electron chi connectivity index (χ1n) is 39.1. The first-order chi connectivity index (χ1) is 51.1. The summed E-state index contributed by atoms with van der Waals surface area (Å²) in [5, 5.41) is 8.42. The van der Waals surface area contributed by atoms with E-state index in [1.807, 2.05) is 13.8 Å². The minimum absolute atomic E-state index is 0.00500. The number of likely N-dealkylation sites (N-methyl/N-ethyl adjacent to an activating group) is 7. The summed E-state index contributed by atoms with van der Waals surface area (Å²) in [7, 11) is 9.51. The van der Waals surface area contributed by atoms with Crippen molar-refractivity contribution in [1.29, 1.82) is 0 Å². The molecule has 12 atom stereocenters. The SMILES string of the molecule is CCO[C@@H]1C[C@H]2C(=O)NC3(CCC3)C(=O)N(C)[C@@H](C3CCCC3)C(=O)N(C)[C@H](C(=O)N(C)CC)CC(=O)N(C)[C@@H](CC(C)C)C(=O)N[C@@H]([C@@H](C)CC)C(=O)N(C)CC(=O)N(C)C3C/C=C\CCN(C3=O)[C@@H](CC3CCC(C(F)(F)F)CC3)C(=O)N(C)CC(=O)N[C@@H](CCC3CC(F)C(C(F)(F)F)C(F)C3)C(=O)N2C1. The molecule has 616 valence electrons. The van der Waals surface area contributed by atoms with Gasteiger partial charge in [0.25, 0.3) is 0 Å². The number of nitrogens with one attached hydrogen (secondary N) is 3. The van der Waals surface area contributed by atoms with Gasteiger partial charge in [-0.3, -0.25) is 57.5 Å². The van der Waals surface area contributed by atoms with Gasteiger partial charge in [-0.15, -0.1) is 0 Å². The molecule has 0 aromatic rings. The molecule has 12 amide bonds. The van der Waals surface area contributed by atoms with E-state index in [2.05, 4.69) is 16.0 Å². The third kappa shape index (κ3) is 21.7. The van der Waals surface area contributed by atoms with Gasteiger partial charge in [0.1, 0.15) is 72.1 Å². The average molecular weight is 1560 g/mol. The van der Waals surface area contributed by atoms with Gasteiger partial charge in [0.05, 0.1) is 31.5 Å². The van der Waals surface area contributed by atoms with Crippen LogP contribution in [0.4, 0.5) is 35.1 Å². The Morgan fingerprint density at radius 3 is 1.83 bits per heavy atom. The fraction of sp³-hybridized carbons (Fsp3) is 0.816. The van der Waals surface area contributed by atoms with Crippen LogP contribution in [-0.2, 0) is 62.3 Å². The van der Waals surface area contributed by atoms with E-state index < -0.39 is 230 Å². The van der Waals surface area contributed by atoms with E-state index in [4.69, 9.17) is 4.74 Å². The summed E-state index contributed by atoms with van der Waals surface area (Å²) >= 11 is 0. The molecule has 2 saturated heterocycles. The van der Waals surface area contributed by atoms with E-state index in [0.717, 1.165) is 24.5 Å². The van der Waals surface area contributed by atoms with Crippen molar-refractivity contribution in [2.24, 2.45) is 41.4 Å². The van der Waals surface area contributed by atoms with Gasteiger partial charge in [0, 0.05) is 82.0 Å². The number of rotatable bonds is 14. The van der Waals surface area contributed by atoms with Gasteiger partial charge < -0.3 is 64.8 Å². The Labute approximate surface area is 635 Å². The fourth-order valence-corrected chi connectivity index (χ4v) is 17.1. The monoisotopic (exact) mass is 1560 g/mol. The van der Waals surface area contributed by atoms with Gasteiger partial charge in [-0.25, -0.2) is 8.78 Å². The van der Waals surface area contributed by atoms with Crippen molar-refractivity contribution in [3.05, 3.63) is 12.2 Å². The van der Waals surface area contributed by atoms with E-state index in [0.29, 0.717) is 38.5 Å². The third-order valence-electron chi connectivity index (χ3n) is 24.3. The lowest BCUT2D eigenvalue weighted by molar-refractivity contribution is -0.219. The average Bonchev–Trinajstić information content (AvgIpc) is 1.69. The number of carbonyl (C=O) groups is 12. The molecule has 33 heteroatoms. The lowest BCUT2D eigenvalue weighted by Gasteiger charge is -2.46. The Kier molecular flexibility index (Phi) is 31.3. The van der Waals surface area contributed by atoms with Crippen molar-refractivity contribution < 1.29 is 97.4 Å². The highest BCUT2D eigenvalue weighted by atomic mass is 19.4. The van der Waals surface area contributed by atoms with Crippen LogP contribution in [0.2, 0.25) is 0 Å². The molecule has 7 rings (SSSR count). The molecule has 3 heterocycles. The molecule has 1 spiro atoms. The van der Waals surface area contributed by atoms with Crippen molar-refractivity contribution in [1.82, 2.24) is 60.0 Å². The molecule has 3 aliphatic heterocycles. The fourth-order valence-electron chi connectivity index (χ4n) is 17.1. The largest absolute Gasteiger partial charge is 0.397 e. The zero-order chi connectivity index (χ0) is 81.1. The second-order valence-corrected chi connectivity index (χ2v) is 32.3. The van der Waals surface area contributed by atoms with Gasteiger partial charge in [0.15, 0.2) is 0 Å². The lowest BCUT2D eigenvalue weighted by atomic mass is 9.74. The second-order valence-electron chi connectivity index (χ2n) is 32.3. The maximum Gasteiger partial charge on any atom is 0.397 e. The van der Waals surface area contributed by atoms with Gasteiger partial charge in [-0.2, -0.15) is 26.3 Å². The van der Waals surface area contributed by atoms with E-state index in [-0.39, 0.29) is 109 Å². The van der Waals surface area contributed by atoms with E-state index >= 15 is 42.3 Å². The highest BCUT2D eigenvalue weighted by Gasteiger charge is 2.56. The van der Waals surface area contributed by atoms with Gasteiger partial charge in [0.2, 0.25) is 70.9 Å². The summed E-state index contributed by atoms with van der Waals surface area (Å²) in [4.78, 5) is 192. The van der Waals surface area contributed by atoms with Crippen molar-refractivity contribution >= 4 is 70.9 Å². The first kappa shape index (κ1) is 89.0. The van der Waals surface area contributed by atoms with E-state index in [9.17, 15) is 50.3 Å². The molecule has 0 aromatic carbocycles. The summed E-state index contributed by atoms with van der Waals surface area (Å²) in [6, 6.07) is -11.4. The standard InChI is InChI=1S/C76H118F8N12O13/c1-14-45(6)63-71(106)90(9)43-61(99)91(10)54-25-18-17-21-34-95(70(54)105)58(38-46-26-29-49(30-27-46)75(79,80)81)69(104)89(8)42-59(97)85-53(31-28-47-36-51(77)62(52(78)37-47)76(82,83)84)67(102)96-41-50(109-16-3)39-56(96)66(101)87-74(32-22-33-74)73(108)94(13)64(48-23-19-20-24-48)72(107)93(12)57(68(103)88(7)15-2)40-60(98)92(11)55(35-44(4)5)65(100)86-63/h17-18,44-58,62-64H,14-16,19-43H2,1-13H3,(H,85,97)(H,86,100)(H,87,101)/b18-17-/t45-,46?,47?,49?,50+,51?,52?,53-,54?,55-,56-,57-,58-,62?,63-,64-/m0/s1. The van der Waals surface area contributed by atoms with Crippen LogP contribution >= 0.6 is 0 Å². The zero-order valence-electron chi connectivity index (χ0n) is 65.7. The summed E-state index contributed by atoms with van der Waals surface area (Å²) < 4.78 is 121. The highest BCUT2D eigenvalue weighted by molar-refractivity contribution is 6.01. The summed E-state index contributed by atoms with van der Waals surface area (Å²) in [6.45, 7) is 8.72. The van der Waals surface area contributed by atoms with Gasteiger partial charge in [-0.1, -0.05) is 59.1 Å². The van der Waals surface area contributed by atoms with E-state index in [1.165, 1.54) is 68.9 Å². The van der Waals surface area contributed by atoms with Gasteiger partial charge >= 0.3 is 12.4 Å². The number of alkyl halides is 8. The number of amides is 12. The molecule has 2 bridgehead atoms. The van der Waals surface area contributed by atoms with Crippen LogP contribution in [0.15, 0.2) is 12.2 Å². The summed E-state index contributed by atoms with van der Waals surface area (Å²) in [5.41, 5.74) is -1.69. The highest BCUT2D eigenvalue weighted by Crippen LogP contribution is 2.46. The topological polar surface area (TPSA) is 279 Å². The quantitative estimate of drug-likeness (QED) is 0.120. The van der Waals surface area contributed by atoms with Crippen LogP contribution in [-0.4, -0.2) is 288 Å². The number of hydrogen-bond acceptors (Lipinski definition) is 13. The molecule has 0 radical (unpaired) electrons. The number of hydrogen-bond donors (Lipinski definition) is 3. The van der Waals surface area contributed by atoms with Crippen molar-refractivity contribution in [2.75, 3.05) is 88.7 Å². The Bertz CT molecular complexity index is 3250. The number of carbonyl (C=O) groups excluding carboxylic acids is 12. The Morgan fingerprint density at radius 2 is 1.27 bits per heavy atom. The lowest BCUT2D eigenvalue weighted by Crippen LogP contribution is -2.68. The van der Waals surface area contributed by atoms with Crippen LogP contribution in [0, 0.1) is 41.4 Å². The molecule has 0 aromatic heterocycles. The minimum Gasteiger partial charge on any atom is -0.377 e. The molecular formula is C76H118F8N12O13. The minimum atomic E-state index is -5.22. The van der Waals surface area contributed by atoms with Gasteiger partial charge in [-0.05, 0) is 153 Å². The summed E-state index contributed by atoms with van der Waals surface area (Å²) in [6.07, 6.45) is -13.2. The van der Waals surface area contributed by atoms with Crippen LogP contribution in [0.5, 0.6) is 0 Å². The van der Waals surface area contributed by atoms with Crippen LogP contribution in [0.3, 0.4) is 0 Å². The predicted molar refractivity (Wildman–Crippen MR) is 386 cm³/mol. The molecule has 25 nitrogen and oxygen atoms in total. The molecule has 4 aliphatic carbocycles. The number of ether oxygens (including phenoxy) is 1. The smallest absolute Gasteiger partial charge is 0.377 e. The maximum absolute atomic E-state index is 15.6. The predicted octanol–water partition coefficient (Wildman–Crippen LogP) is 6.74. The van der Waals surface area contributed by atoms with Crippen molar-refractivity contribution in [2.45, 2.75) is 267 Å². The van der Waals surface area contributed by atoms with Crippen LogP contribution in [0.25, 0.3) is 0 Å². The molecule has 3 unspecified atom stereocenters. The molecular weight excluding hydrogens is 1440 g/mol. The molecule has 4 saturated carbocycles. The summed E-state index contributed by atoms with van der Waals surface area (Å²) in [5.74, 6) is -17.0. The van der Waals surface area contributed by atoms with Crippen molar-refractivity contribution in [3.63, 3.8) is 0 Å². The normalized spacial score (nSPS) is 31.8. The van der Waals surface area contributed by atoms with Crippen LogP contribution < -0.4 is 16.0 Å². The molecule has 109 heavy (non-hydrogen) atoms. The zero-order valence-corrected chi connectivity index (χ0v) is 65.7. The number of halogens is 8. The third-order valence-corrected chi connectivity index (χ3v) is 24.3. The Balaban J connectivity index is 1.33. The second kappa shape index (κ2) is 38.3. The number of fused-ring (bicyclic) bond motifs is 3. The Hall–Kier alpha value is -7.22. The van der Waals surface area contributed by atoms with Crippen molar-refractivity contribution in [3.8, 4) is 0 Å². The van der Waals surface area contributed by atoms with Crippen LogP contribution in [0.1, 0.15) is 183 Å². The molecule has 3 N–H and O–H groups in total. The molecule has 6 fully saturated rings. The first-order valence-corrected chi connectivity index (χ1v) is 39.1. The molecule has 7 aliphatic rings. The Morgan fingerprint density at radius 1 is 0.642 bits per heavy atom.